The van der Waals surface area contributed by atoms with Gasteiger partial charge in [0, 0.05) is 19.2 Å². The van der Waals surface area contributed by atoms with Crippen molar-refractivity contribution in [1.82, 2.24) is 30.0 Å². The molecule has 0 aliphatic rings. The fourth-order valence-electron chi connectivity index (χ4n) is 3.56. The number of rotatable bonds is 7. The minimum atomic E-state index is -5.09. The lowest BCUT2D eigenvalue weighted by atomic mass is 10.0. The number of amides is 2. The van der Waals surface area contributed by atoms with Crippen LogP contribution in [0.2, 0.25) is 0 Å². The molecule has 1 unspecified atom stereocenters. The molecule has 3 aromatic rings. The molecule has 38 heavy (non-hydrogen) atoms. The number of hydrogen-bond acceptors (Lipinski definition) is 6. The van der Waals surface area contributed by atoms with Crippen molar-refractivity contribution < 1.29 is 35.9 Å². The Bertz CT molecular complexity index is 1300. The Labute approximate surface area is 217 Å². The van der Waals surface area contributed by atoms with Crippen LogP contribution in [0.3, 0.4) is 0 Å². The summed E-state index contributed by atoms with van der Waals surface area (Å²) in [4.78, 5) is 35.7. The molecule has 0 aliphatic carbocycles. The second-order valence-corrected chi connectivity index (χ2v) is 10.0. The van der Waals surface area contributed by atoms with Gasteiger partial charge in [-0.25, -0.2) is 9.97 Å². The Morgan fingerprint density at radius 1 is 1.05 bits per heavy atom. The molecule has 0 saturated carbocycles. The van der Waals surface area contributed by atoms with Crippen LogP contribution in [-0.4, -0.2) is 50.1 Å². The van der Waals surface area contributed by atoms with Crippen LogP contribution in [0.15, 0.2) is 24.4 Å². The van der Waals surface area contributed by atoms with Crippen molar-refractivity contribution in [3.05, 3.63) is 57.6 Å². The molecule has 0 saturated heterocycles. The van der Waals surface area contributed by atoms with Gasteiger partial charge in [0.15, 0.2) is 5.82 Å². The van der Waals surface area contributed by atoms with Gasteiger partial charge in [-0.15, -0.1) is 5.10 Å². The molecule has 0 bridgehead atoms. The van der Waals surface area contributed by atoms with Crippen LogP contribution in [0.25, 0.3) is 5.13 Å². The number of nitrogens with one attached hydrogen (secondary N) is 1. The monoisotopic (exact) mass is 562 g/mol. The van der Waals surface area contributed by atoms with Gasteiger partial charge in [-0.2, -0.15) is 31.0 Å². The number of nitrogens with zero attached hydrogens (tertiary/aromatic N) is 5. The summed E-state index contributed by atoms with van der Waals surface area (Å²) >= 11 is 1.01. The predicted molar refractivity (Wildman–Crippen MR) is 126 cm³/mol. The second kappa shape index (κ2) is 10.7. The highest BCUT2D eigenvalue weighted by Gasteiger charge is 2.37. The van der Waals surface area contributed by atoms with E-state index < -0.39 is 41.0 Å². The van der Waals surface area contributed by atoms with Crippen LogP contribution in [0.1, 0.15) is 69.6 Å². The minimum absolute atomic E-state index is 0.0554. The number of carbonyl (C=O) groups is 2. The smallest absolute Gasteiger partial charge is 0.342 e. The molecule has 0 spiro atoms. The predicted octanol–water partition coefficient (Wildman–Crippen LogP) is 5.29. The number of aromatic nitrogens is 4. The van der Waals surface area contributed by atoms with E-state index in [4.69, 9.17) is 0 Å². The molecule has 15 heteroatoms. The fourth-order valence-corrected chi connectivity index (χ4v) is 4.43. The van der Waals surface area contributed by atoms with Crippen LogP contribution >= 0.6 is 11.3 Å². The van der Waals surface area contributed by atoms with Crippen molar-refractivity contribution in [3.8, 4) is 5.13 Å². The third-order valence-corrected chi connectivity index (χ3v) is 6.15. The van der Waals surface area contributed by atoms with Crippen LogP contribution in [0.4, 0.5) is 26.3 Å². The SMILES string of the molecule is Cc1nc(C(C)NC(=O)c2cc(C(F)(F)F)cc(C(F)(F)F)c2)n(-c2ncc(C(=O)N(C)CC(C)C)s2)n1. The number of aryl methyl sites for hydroxylation is 1. The topological polar surface area (TPSA) is 93.0 Å². The Kier molecular flexibility index (Phi) is 8.19. The maximum atomic E-state index is 13.2. The third kappa shape index (κ3) is 6.68. The van der Waals surface area contributed by atoms with E-state index in [-0.39, 0.29) is 34.7 Å². The third-order valence-electron chi connectivity index (χ3n) is 5.19. The molecule has 1 atom stereocenters. The molecule has 1 aromatic carbocycles. The summed E-state index contributed by atoms with van der Waals surface area (Å²) in [7, 11) is 1.66. The Morgan fingerprint density at radius 2 is 1.63 bits per heavy atom. The highest BCUT2D eigenvalue weighted by Crippen LogP contribution is 2.36. The van der Waals surface area contributed by atoms with Crippen molar-refractivity contribution >= 4 is 23.2 Å². The molecule has 3 rings (SSSR count). The summed E-state index contributed by atoms with van der Waals surface area (Å²) in [6.07, 6.45) is -8.82. The summed E-state index contributed by atoms with van der Waals surface area (Å²) in [5, 5.41) is 6.83. The van der Waals surface area contributed by atoms with Gasteiger partial charge in [0.1, 0.15) is 10.7 Å². The normalized spacial score (nSPS) is 13.1. The standard InChI is InChI=1S/C23H24F6N6O2S/c1-11(2)10-34(5)20(37)17-9-30-21(38-17)35-18(32-13(4)33-35)12(3)31-19(36)14-6-15(22(24,25)26)8-16(7-14)23(27,28)29/h6-9,11-12H,10H2,1-5H3,(H,31,36). The van der Waals surface area contributed by atoms with Gasteiger partial charge >= 0.3 is 12.4 Å². The lowest BCUT2D eigenvalue weighted by Crippen LogP contribution is -2.29. The molecule has 0 fully saturated rings. The van der Waals surface area contributed by atoms with Gasteiger partial charge in [0.2, 0.25) is 5.13 Å². The molecule has 8 nitrogen and oxygen atoms in total. The van der Waals surface area contributed by atoms with E-state index in [0.29, 0.717) is 23.6 Å². The van der Waals surface area contributed by atoms with Crippen molar-refractivity contribution in [2.75, 3.05) is 13.6 Å². The number of carbonyl (C=O) groups excluding carboxylic acids is 2. The zero-order valence-electron chi connectivity index (χ0n) is 20.9. The van der Waals surface area contributed by atoms with Crippen LogP contribution in [0, 0.1) is 12.8 Å². The minimum Gasteiger partial charge on any atom is -0.342 e. The van der Waals surface area contributed by atoms with E-state index in [1.54, 1.807) is 18.9 Å². The number of benzene rings is 1. The first-order chi connectivity index (χ1) is 17.5. The quantitative estimate of drug-likeness (QED) is 0.395. The fraction of sp³-hybridized carbons (Fsp3) is 0.435. The average molecular weight is 563 g/mol. The van der Waals surface area contributed by atoms with Crippen LogP contribution in [-0.2, 0) is 12.4 Å². The van der Waals surface area contributed by atoms with Crippen molar-refractivity contribution in [3.63, 3.8) is 0 Å². The zero-order valence-corrected chi connectivity index (χ0v) is 21.7. The van der Waals surface area contributed by atoms with Crippen molar-refractivity contribution in [1.29, 1.82) is 0 Å². The van der Waals surface area contributed by atoms with Crippen LogP contribution < -0.4 is 5.32 Å². The van der Waals surface area contributed by atoms with E-state index in [9.17, 15) is 35.9 Å². The number of thiazole rings is 1. The largest absolute Gasteiger partial charge is 0.416 e. The van der Waals surface area contributed by atoms with Crippen LogP contribution in [0.5, 0.6) is 0 Å². The zero-order chi connectivity index (χ0) is 28.6. The first-order valence-electron chi connectivity index (χ1n) is 11.2. The summed E-state index contributed by atoms with van der Waals surface area (Å²) in [6, 6.07) is -0.362. The summed E-state index contributed by atoms with van der Waals surface area (Å²) in [5.74, 6) is -0.810. The molecule has 0 aliphatic heterocycles. The molecule has 2 amide bonds. The summed E-state index contributed by atoms with van der Waals surface area (Å²) in [5.41, 5.74) is -4.03. The number of halogens is 6. The Hall–Kier alpha value is -3.49. The molecular formula is C23H24F6N6O2S. The number of alkyl halides is 6. The van der Waals surface area contributed by atoms with Gasteiger partial charge in [-0.05, 0) is 38.0 Å². The summed E-state index contributed by atoms with van der Waals surface area (Å²) in [6.45, 7) is 7.43. The van der Waals surface area contributed by atoms with Crippen molar-refractivity contribution in [2.45, 2.75) is 46.1 Å². The molecule has 2 heterocycles. The molecular weight excluding hydrogens is 538 g/mol. The van der Waals surface area contributed by atoms with Gasteiger partial charge < -0.3 is 10.2 Å². The van der Waals surface area contributed by atoms with E-state index in [0.717, 1.165) is 11.3 Å². The number of hydrogen-bond donors (Lipinski definition) is 1. The highest BCUT2D eigenvalue weighted by molar-refractivity contribution is 7.16. The maximum Gasteiger partial charge on any atom is 0.416 e. The molecule has 206 valence electrons. The van der Waals surface area contributed by atoms with Gasteiger partial charge in [-0.1, -0.05) is 25.2 Å². The lowest BCUT2D eigenvalue weighted by molar-refractivity contribution is -0.143. The van der Waals surface area contributed by atoms with E-state index in [1.807, 2.05) is 13.8 Å². The Morgan fingerprint density at radius 3 is 2.16 bits per heavy atom. The highest BCUT2D eigenvalue weighted by atomic mass is 32.1. The van der Waals surface area contributed by atoms with E-state index in [2.05, 4.69) is 20.4 Å². The van der Waals surface area contributed by atoms with E-state index >= 15 is 0 Å². The van der Waals surface area contributed by atoms with Gasteiger partial charge in [0.25, 0.3) is 11.8 Å². The lowest BCUT2D eigenvalue weighted by Gasteiger charge is -2.18. The molecule has 1 N–H and O–H groups in total. The van der Waals surface area contributed by atoms with Gasteiger partial charge in [-0.3, -0.25) is 9.59 Å². The van der Waals surface area contributed by atoms with Gasteiger partial charge in [0.05, 0.1) is 23.4 Å². The average Bonchev–Trinajstić information content (AvgIpc) is 3.43. The molecule has 0 radical (unpaired) electrons. The second-order valence-electron chi connectivity index (χ2n) is 9.01. The maximum absolute atomic E-state index is 13.2. The first kappa shape index (κ1) is 29.1. The summed E-state index contributed by atoms with van der Waals surface area (Å²) < 4.78 is 80.4. The molecule has 2 aromatic heterocycles. The van der Waals surface area contributed by atoms with E-state index in [1.165, 1.54) is 17.8 Å². The van der Waals surface area contributed by atoms with Crippen molar-refractivity contribution in [2.24, 2.45) is 5.92 Å². The first-order valence-corrected chi connectivity index (χ1v) is 12.0. The Balaban J connectivity index is 1.89.